The molecule has 0 saturated carbocycles. The van der Waals surface area contributed by atoms with E-state index in [2.05, 4.69) is 0 Å². The van der Waals surface area contributed by atoms with E-state index in [1.165, 1.54) is 18.2 Å². The van der Waals surface area contributed by atoms with Crippen molar-refractivity contribution in [3.05, 3.63) is 59.9 Å². The number of benzene rings is 2. The number of rotatable bonds is 4. The summed E-state index contributed by atoms with van der Waals surface area (Å²) in [4.78, 5) is 12.8. The molecule has 0 spiro atoms. The first kappa shape index (κ1) is 13.1. The summed E-state index contributed by atoms with van der Waals surface area (Å²) < 4.78 is 13.3. The second-order valence-electron chi connectivity index (χ2n) is 4.08. The summed E-state index contributed by atoms with van der Waals surface area (Å²) in [6.45, 7) is 2.55. The second kappa shape index (κ2) is 5.52. The largest absolute Gasteiger partial charge is 0.478 e. The maximum Gasteiger partial charge on any atom is 0.335 e. The van der Waals surface area contributed by atoms with Gasteiger partial charge in [0.1, 0.15) is 5.82 Å². The van der Waals surface area contributed by atoms with Gasteiger partial charge >= 0.3 is 5.97 Å². The van der Waals surface area contributed by atoms with Crippen LogP contribution in [0.5, 0.6) is 0 Å². The molecule has 0 radical (unpaired) electrons. The Hall–Kier alpha value is -2.36. The molecule has 0 unspecified atom stereocenters. The van der Waals surface area contributed by atoms with E-state index in [0.29, 0.717) is 12.2 Å². The third kappa shape index (κ3) is 2.91. The van der Waals surface area contributed by atoms with E-state index in [0.717, 1.165) is 5.69 Å². The lowest BCUT2D eigenvalue weighted by molar-refractivity contribution is 0.0697. The predicted octanol–water partition coefficient (Wildman–Crippen LogP) is 3.68. The van der Waals surface area contributed by atoms with Gasteiger partial charge in [-0.2, -0.15) is 0 Å². The summed E-state index contributed by atoms with van der Waals surface area (Å²) in [5.74, 6) is -1.29. The highest BCUT2D eigenvalue weighted by atomic mass is 19.1. The highest BCUT2D eigenvalue weighted by molar-refractivity contribution is 5.89. The molecule has 3 nitrogen and oxygen atoms in total. The van der Waals surface area contributed by atoms with Gasteiger partial charge in [0.2, 0.25) is 0 Å². The number of hydrogen-bond donors (Lipinski definition) is 1. The van der Waals surface area contributed by atoms with Gasteiger partial charge in [-0.3, -0.25) is 0 Å². The van der Waals surface area contributed by atoms with Crippen LogP contribution < -0.4 is 4.90 Å². The van der Waals surface area contributed by atoms with Crippen molar-refractivity contribution in [3.8, 4) is 0 Å². The smallest absolute Gasteiger partial charge is 0.335 e. The number of carboxylic acid groups (broad SMARTS) is 1. The number of hydrogen-bond acceptors (Lipinski definition) is 2. The quantitative estimate of drug-likeness (QED) is 0.910. The lowest BCUT2D eigenvalue weighted by Gasteiger charge is -2.23. The Balaban J connectivity index is 2.42. The minimum Gasteiger partial charge on any atom is -0.478 e. The van der Waals surface area contributed by atoms with Gasteiger partial charge in [0.05, 0.1) is 5.56 Å². The van der Waals surface area contributed by atoms with Crippen LogP contribution in [0.25, 0.3) is 0 Å². The van der Waals surface area contributed by atoms with Crippen molar-refractivity contribution in [1.29, 1.82) is 0 Å². The van der Waals surface area contributed by atoms with Crippen LogP contribution in [-0.4, -0.2) is 17.6 Å². The van der Waals surface area contributed by atoms with Crippen LogP contribution >= 0.6 is 0 Å². The minimum atomic E-state index is -0.975. The van der Waals surface area contributed by atoms with Crippen molar-refractivity contribution in [2.24, 2.45) is 0 Å². The van der Waals surface area contributed by atoms with Crippen LogP contribution in [0.2, 0.25) is 0 Å². The molecule has 0 saturated heterocycles. The number of aromatic carboxylic acids is 1. The summed E-state index contributed by atoms with van der Waals surface area (Å²) >= 11 is 0. The molecule has 0 fully saturated rings. The average Bonchev–Trinajstić information content (AvgIpc) is 2.40. The third-order valence-corrected chi connectivity index (χ3v) is 2.84. The number of carbonyl (C=O) groups is 1. The van der Waals surface area contributed by atoms with Crippen LogP contribution in [0.15, 0.2) is 48.5 Å². The lowest BCUT2D eigenvalue weighted by Crippen LogP contribution is -2.16. The predicted molar refractivity (Wildman–Crippen MR) is 72.5 cm³/mol. The standard InChI is InChI=1S/C15H14FNO2/c1-2-17(14-8-4-6-12(16)10-14)13-7-3-5-11(9-13)15(18)19/h3-10H,2H2,1H3,(H,18,19). The second-order valence-corrected chi connectivity index (χ2v) is 4.08. The van der Waals surface area contributed by atoms with Crippen LogP contribution in [0.4, 0.5) is 15.8 Å². The van der Waals surface area contributed by atoms with Gasteiger partial charge in [-0.25, -0.2) is 9.18 Å². The molecule has 0 aliphatic carbocycles. The Morgan fingerprint density at radius 3 is 2.37 bits per heavy atom. The van der Waals surface area contributed by atoms with Gasteiger partial charge in [0.15, 0.2) is 0 Å². The molecule has 0 heterocycles. The molecule has 98 valence electrons. The summed E-state index contributed by atoms with van der Waals surface area (Å²) in [6, 6.07) is 12.8. The van der Waals surface area contributed by atoms with E-state index in [1.54, 1.807) is 30.3 Å². The Kier molecular flexibility index (Phi) is 3.80. The molecule has 1 N–H and O–H groups in total. The van der Waals surface area contributed by atoms with Crippen molar-refractivity contribution >= 4 is 17.3 Å². The average molecular weight is 259 g/mol. The Morgan fingerprint density at radius 1 is 1.16 bits per heavy atom. The zero-order valence-electron chi connectivity index (χ0n) is 10.5. The molecule has 4 heteroatoms. The molecule has 0 aliphatic heterocycles. The molecule has 2 aromatic rings. The van der Waals surface area contributed by atoms with Gasteiger partial charge in [0, 0.05) is 17.9 Å². The molecule has 2 aromatic carbocycles. The number of halogens is 1. The molecule has 0 atom stereocenters. The van der Waals surface area contributed by atoms with E-state index in [1.807, 2.05) is 11.8 Å². The van der Waals surface area contributed by atoms with E-state index in [-0.39, 0.29) is 11.4 Å². The van der Waals surface area contributed by atoms with Gasteiger partial charge < -0.3 is 10.0 Å². The topological polar surface area (TPSA) is 40.5 Å². The maximum absolute atomic E-state index is 13.3. The third-order valence-electron chi connectivity index (χ3n) is 2.84. The van der Waals surface area contributed by atoms with Gasteiger partial charge in [-0.05, 0) is 43.3 Å². The minimum absolute atomic E-state index is 0.215. The first-order valence-corrected chi connectivity index (χ1v) is 5.98. The molecular weight excluding hydrogens is 245 g/mol. The van der Waals surface area contributed by atoms with E-state index in [4.69, 9.17) is 5.11 Å². The van der Waals surface area contributed by atoms with Crippen LogP contribution in [0.1, 0.15) is 17.3 Å². The van der Waals surface area contributed by atoms with Crippen LogP contribution in [-0.2, 0) is 0 Å². The summed E-state index contributed by atoms with van der Waals surface area (Å²) in [5, 5.41) is 9.00. The summed E-state index contributed by atoms with van der Waals surface area (Å²) in [6.07, 6.45) is 0. The normalized spacial score (nSPS) is 10.2. The van der Waals surface area contributed by atoms with Gasteiger partial charge in [-0.15, -0.1) is 0 Å². The van der Waals surface area contributed by atoms with Gasteiger partial charge in [0.25, 0.3) is 0 Å². The molecule has 19 heavy (non-hydrogen) atoms. The molecular formula is C15H14FNO2. The fourth-order valence-electron chi connectivity index (χ4n) is 1.97. The fourth-order valence-corrected chi connectivity index (χ4v) is 1.97. The monoisotopic (exact) mass is 259 g/mol. The first-order chi connectivity index (χ1) is 9.11. The SMILES string of the molecule is CCN(c1cccc(F)c1)c1cccc(C(=O)O)c1. The van der Waals surface area contributed by atoms with E-state index < -0.39 is 5.97 Å². The highest BCUT2D eigenvalue weighted by Crippen LogP contribution is 2.26. The summed E-state index contributed by atoms with van der Waals surface area (Å²) in [7, 11) is 0. The van der Waals surface area contributed by atoms with Crippen LogP contribution in [0.3, 0.4) is 0 Å². The molecule has 0 bridgehead atoms. The molecule has 0 aromatic heterocycles. The van der Waals surface area contributed by atoms with E-state index in [9.17, 15) is 9.18 Å². The number of carboxylic acids is 1. The van der Waals surface area contributed by atoms with Crippen molar-refractivity contribution in [1.82, 2.24) is 0 Å². The highest BCUT2D eigenvalue weighted by Gasteiger charge is 2.10. The van der Waals surface area contributed by atoms with Crippen molar-refractivity contribution < 1.29 is 14.3 Å². The van der Waals surface area contributed by atoms with Crippen molar-refractivity contribution in [3.63, 3.8) is 0 Å². The van der Waals surface area contributed by atoms with E-state index >= 15 is 0 Å². The Labute approximate surface area is 110 Å². The van der Waals surface area contributed by atoms with Gasteiger partial charge in [-0.1, -0.05) is 12.1 Å². The molecule has 0 amide bonds. The lowest BCUT2D eigenvalue weighted by atomic mass is 10.1. The fraction of sp³-hybridized carbons (Fsp3) is 0.133. The van der Waals surface area contributed by atoms with Crippen molar-refractivity contribution in [2.45, 2.75) is 6.92 Å². The summed E-state index contributed by atoms with van der Waals surface area (Å²) in [5.41, 5.74) is 1.64. The zero-order chi connectivity index (χ0) is 13.8. The van der Waals surface area contributed by atoms with Crippen LogP contribution in [0, 0.1) is 5.82 Å². The molecule has 2 rings (SSSR count). The van der Waals surface area contributed by atoms with Crippen molar-refractivity contribution in [2.75, 3.05) is 11.4 Å². The molecule has 0 aliphatic rings. The number of anilines is 2. The zero-order valence-corrected chi connectivity index (χ0v) is 10.5. The Morgan fingerprint density at radius 2 is 1.79 bits per heavy atom. The number of nitrogens with zero attached hydrogens (tertiary/aromatic N) is 1. The first-order valence-electron chi connectivity index (χ1n) is 5.98. The Bertz CT molecular complexity index is 598. The maximum atomic E-state index is 13.3.